The van der Waals surface area contributed by atoms with Gasteiger partial charge in [-0.1, -0.05) is 6.07 Å². The van der Waals surface area contributed by atoms with E-state index in [-0.39, 0.29) is 0 Å². The SMILES string of the molecule is CN(C)CCCNc1cccc2nc(-c3cc(-c4cnn(C5CCNCC5)c4)cnc3N)oc12. The first-order valence-corrected chi connectivity index (χ1v) is 11.9. The van der Waals surface area contributed by atoms with Gasteiger partial charge in [-0.25, -0.2) is 9.97 Å². The molecule has 1 aliphatic heterocycles. The van der Waals surface area contributed by atoms with Gasteiger partial charge in [0, 0.05) is 30.1 Å². The number of hydrogen-bond acceptors (Lipinski definition) is 8. The standard InChI is InChI=1S/C25H32N8O/c1-32(2)12-4-9-28-21-5-3-6-22-23(21)34-25(31-22)20-13-17(14-29-24(20)26)18-15-30-33(16-18)19-7-10-27-11-8-19/h3,5-6,13-16,19,27-28H,4,7-12H2,1-2H3,(H2,26,29). The molecule has 0 radical (unpaired) electrons. The minimum Gasteiger partial charge on any atom is -0.434 e. The monoisotopic (exact) mass is 460 g/mol. The average molecular weight is 461 g/mol. The van der Waals surface area contributed by atoms with Gasteiger partial charge in [-0.2, -0.15) is 5.10 Å². The molecule has 1 aliphatic rings. The van der Waals surface area contributed by atoms with E-state index in [4.69, 9.17) is 15.1 Å². The van der Waals surface area contributed by atoms with Crippen LogP contribution in [-0.2, 0) is 0 Å². The van der Waals surface area contributed by atoms with Crippen molar-refractivity contribution in [3.8, 4) is 22.6 Å². The number of para-hydroxylation sites is 1. The Morgan fingerprint density at radius 1 is 1.21 bits per heavy atom. The number of hydrogen-bond donors (Lipinski definition) is 3. The highest BCUT2D eigenvalue weighted by Gasteiger charge is 2.18. The Balaban J connectivity index is 1.40. The molecule has 34 heavy (non-hydrogen) atoms. The summed E-state index contributed by atoms with van der Waals surface area (Å²) >= 11 is 0. The first-order chi connectivity index (χ1) is 16.6. The van der Waals surface area contributed by atoms with E-state index < -0.39 is 0 Å². The lowest BCUT2D eigenvalue weighted by Gasteiger charge is -2.22. The normalized spacial score (nSPS) is 14.8. The van der Waals surface area contributed by atoms with E-state index in [9.17, 15) is 0 Å². The van der Waals surface area contributed by atoms with Crippen molar-refractivity contribution in [2.24, 2.45) is 0 Å². The minimum atomic E-state index is 0.390. The summed E-state index contributed by atoms with van der Waals surface area (Å²) in [5, 5.41) is 11.5. The van der Waals surface area contributed by atoms with E-state index >= 15 is 0 Å². The third-order valence-electron chi connectivity index (χ3n) is 6.28. The van der Waals surface area contributed by atoms with Gasteiger partial charge in [0.2, 0.25) is 5.89 Å². The van der Waals surface area contributed by atoms with Gasteiger partial charge < -0.3 is 25.7 Å². The second-order valence-corrected chi connectivity index (χ2v) is 9.10. The molecule has 4 N–H and O–H groups in total. The van der Waals surface area contributed by atoms with Crippen molar-refractivity contribution in [1.82, 2.24) is 30.0 Å². The summed E-state index contributed by atoms with van der Waals surface area (Å²) in [6.07, 6.45) is 8.97. The number of fused-ring (bicyclic) bond motifs is 1. The fourth-order valence-electron chi connectivity index (χ4n) is 4.38. The highest BCUT2D eigenvalue weighted by Crippen LogP contribution is 2.34. The number of nitrogens with two attached hydrogens (primary N) is 1. The lowest BCUT2D eigenvalue weighted by molar-refractivity contribution is 0.343. The van der Waals surface area contributed by atoms with Crippen molar-refractivity contribution in [2.45, 2.75) is 25.3 Å². The summed E-state index contributed by atoms with van der Waals surface area (Å²) in [5.41, 5.74) is 11.3. The van der Waals surface area contributed by atoms with Crippen LogP contribution in [0.15, 0.2) is 47.3 Å². The van der Waals surface area contributed by atoms with Crippen LogP contribution in [0.5, 0.6) is 0 Å². The molecule has 0 bridgehead atoms. The summed E-state index contributed by atoms with van der Waals surface area (Å²) < 4.78 is 8.27. The summed E-state index contributed by atoms with van der Waals surface area (Å²) in [6, 6.07) is 8.36. The van der Waals surface area contributed by atoms with E-state index in [0.29, 0.717) is 23.3 Å². The number of pyridine rings is 1. The highest BCUT2D eigenvalue weighted by molar-refractivity contribution is 5.89. The average Bonchev–Trinajstić information content (AvgIpc) is 3.51. The summed E-state index contributed by atoms with van der Waals surface area (Å²) in [7, 11) is 4.16. The van der Waals surface area contributed by atoms with Crippen LogP contribution in [0, 0.1) is 0 Å². The van der Waals surface area contributed by atoms with E-state index in [1.165, 1.54) is 0 Å². The molecule has 9 nitrogen and oxygen atoms in total. The topological polar surface area (TPSA) is 110 Å². The lowest BCUT2D eigenvalue weighted by Crippen LogP contribution is -2.29. The van der Waals surface area contributed by atoms with Crippen molar-refractivity contribution >= 4 is 22.6 Å². The fraction of sp³-hybridized carbons (Fsp3) is 0.400. The number of nitrogens with one attached hydrogen (secondary N) is 2. The van der Waals surface area contributed by atoms with Crippen molar-refractivity contribution in [3.63, 3.8) is 0 Å². The van der Waals surface area contributed by atoms with Crippen molar-refractivity contribution in [2.75, 3.05) is 51.3 Å². The van der Waals surface area contributed by atoms with Crippen LogP contribution in [0.25, 0.3) is 33.7 Å². The molecule has 0 spiro atoms. The predicted molar refractivity (Wildman–Crippen MR) is 136 cm³/mol. The summed E-state index contributed by atoms with van der Waals surface area (Å²) in [5.74, 6) is 0.858. The molecule has 1 saturated heterocycles. The van der Waals surface area contributed by atoms with Crippen LogP contribution in [0.4, 0.5) is 11.5 Å². The highest BCUT2D eigenvalue weighted by atomic mass is 16.3. The summed E-state index contributed by atoms with van der Waals surface area (Å²) in [4.78, 5) is 11.3. The molecule has 9 heteroatoms. The molecule has 1 aromatic carbocycles. The fourth-order valence-corrected chi connectivity index (χ4v) is 4.38. The van der Waals surface area contributed by atoms with E-state index in [1.807, 2.05) is 30.5 Å². The molecular formula is C25H32N8O. The maximum Gasteiger partial charge on any atom is 0.231 e. The number of oxazole rings is 1. The predicted octanol–water partition coefficient (Wildman–Crippen LogP) is 3.62. The van der Waals surface area contributed by atoms with Crippen molar-refractivity contribution in [1.29, 1.82) is 0 Å². The van der Waals surface area contributed by atoms with Gasteiger partial charge in [0.1, 0.15) is 11.3 Å². The zero-order chi connectivity index (χ0) is 23.5. The molecule has 4 heterocycles. The van der Waals surface area contributed by atoms with E-state index in [1.54, 1.807) is 6.20 Å². The quantitative estimate of drug-likeness (QED) is 0.342. The number of rotatable bonds is 8. The van der Waals surface area contributed by atoms with Gasteiger partial charge in [-0.15, -0.1) is 0 Å². The Morgan fingerprint density at radius 2 is 2.06 bits per heavy atom. The Bertz CT molecular complexity index is 1260. The number of anilines is 2. The van der Waals surface area contributed by atoms with Gasteiger partial charge in [-0.05, 0) is 71.2 Å². The third-order valence-corrected chi connectivity index (χ3v) is 6.28. The minimum absolute atomic E-state index is 0.390. The van der Waals surface area contributed by atoms with Gasteiger partial charge in [0.15, 0.2) is 5.58 Å². The second-order valence-electron chi connectivity index (χ2n) is 9.10. The van der Waals surface area contributed by atoms with Gasteiger partial charge in [0.05, 0.1) is 23.5 Å². The number of aromatic nitrogens is 4. The Morgan fingerprint density at radius 3 is 2.88 bits per heavy atom. The Kier molecular flexibility index (Phi) is 6.46. The molecule has 5 rings (SSSR count). The van der Waals surface area contributed by atoms with Crippen molar-refractivity contribution in [3.05, 3.63) is 42.9 Å². The molecule has 0 atom stereocenters. The second kappa shape index (κ2) is 9.82. The molecule has 0 amide bonds. The first-order valence-electron chi connectivity index (χ1n) is 11.9. The summed E-state index contributed by atoms with van der Waals surface area (Å²) in [6.45, 7) is 3.93. The molecule has 0 aliphatic carbocycles. The zero-order valence-corrected chi connectivity index (χ0v) is 19.8. The lowest BCUT2D eigenvalue weighted by atomic mass is 10.1. The molecule has 0 unspecified atom stereocenters. The number of nitrogens with zero attached hydrogens (tertiary/aromatic N) is 5. The van der Waals surface area contributed by atoms with Gasteiger partial charge in [-0.3, -0.25) is 4.68 Å². The molecule has 4 aromatic rings. The Labute approximate surface area is 199 Å². The number of benzene rings is 1. The van der Waals surface area contributed by atoms with Gasteiger partial charge in [0.25, 0.3) is 0 Å². The molecule has 0 saturated carbocycles. The molecule has 178 valence electrons. The van der Waals surface area contributed by atoms with E-state index in [2.05, 4.69) is 50.6 Å². The van der Waals surface area contributed by atoms with Crippen LogP contribution in [0.1, 0.15) is 25.3 Å². The Hall–Kier alpha value is -3.43. The van der Waals surface area contributed by atoms with Crippen LogP contribution in [-0.4, -0.2) is 64.9 Å². The maximum absolute atomic E-state index is 6.25. The number of piperidine rings is 1. The zero-order valence-electron chi connectivity index (χ0n) is 19.8. The molecule has 3 aromatic heterocycles. The molecule has 1 fully saturated rings. The maximum atomic E-state index is 6.25. The smallest absolute Gasteiger partial charge is 0.231 e. The van der Waals surface area contributed by atoms with Crippen LogP contribution in [0.2, 0.25) is 0 Å². The van der Waals surface area contributed by atoms with Crippen molar-refractivity contribution < 1.29 is 4.42 Å². The number of nitrogen functional groups attached to an aromatic ring is 1. The largest absolute Gasteiger partial charge is 0.434 e. The third kappa shape index (κ3) is 4.76. The van der Waals surface area contributed by atoms with E-state index in [0.717, 1.165) is 73.4 Å². The van der Waals surface area contributed by atoms with Crippen LogP contribution in [0.3, 0.4) is 0 Å². The molecular weight excluding hydrogens is 428 g/mol. The van der Waals surface area contributed by atoms with Gasteiger partial charge >= 0.3 is 0 Å². The van der Waals surface area contributed by atoms with Crippen LogP contribution < -0.4 is 16.4 Å². The van der Waals surface area contributed by atoms with Crippen LogP contribution >= 0.6 is 0 Å². The first kappa shape index (κ1) is 22.4.